The average Bonchev–Trinajstić information content (AvgIpc) is 2.52. The molecular weight excluding hydrogens is 262 g/mol. The lowest BCUT2D eigenvalue weighted by atomic mass is 9.87. The van der Waals surface area contributed by atoms with Crippen LogP contribution >= 0.6 is 0 Å². The van der Waals surface area contributed by atoms with E-state index >= 15 is 0 Å². The van der Waals surface area contributed by atoms with Crippen LogP contribution in [0.25, 0.3) is 0 Å². The second-order valence-electron chi connectivity index (χ2n) is 5.66. The maximum absolute atomic E-state index is 5.86. The molecule has 0 spiro atoms. The predicted molar refractivity (Wildman–Crippen MR) is 87.0 cm³/mol. The first kappa shape index (κ1) is 16.3. The molecule has 0 fully saturated rings. The summed E-state index contributed by atoms with van der Waals surface area (Å²) in [6.45, 7) is 7.61. The molecular formula is C18H29NO2. The number of nitrogens with one attached hydrogen (secondary N) is 1. The first-order chi connectivity index (χ1) is 10.3. The number of hydrogen-bond acceptors (Lipinski definition) is 3. The van der Waals surface area contributed by atoms with Gasteiger partial charge in [-0.1, -0.05) is 13.0 Å². The molecule has 1 atom stereocenters. The van der Waals surface area contributed by atoms with Crippen molar-refractivity contribution in [3.8, 4) is 5.75 Å². The van der Waals surface area contributed by atoms with Gasteiger partial charge in [-0.25, -0.2) is 0 Å². The molecule has 0 bridgehead atoms. The van der Waals surface area contributed by atoms with Gasteiger partial charge in [0.2, 0.25) is 0 Å². The van der Waals surface area contributed by atoms with Crippen molar-refractivity contribution in [3.63, 3.8) is 0 Å². The van der Waals surface area contributed by atoms with Crippen LogP contribution in [0.2, 0.25) is 0 Å². The summed E-state index contributed by atoms with van der Waals surface area (Å²) in [7, 11) is 0. The molecule has 0 heterocycles. The van der Waals surface area contributed by atoms with E-state index in [1.807, 2.05) is 6.92 Å². The third-order valence-corrected chi connectivity index (χ3v) is 3.98. The molecule has 1 N–H and O–H groups in total. The Kier molecular flexibility index (Phi) is 7.04. The van der Waals surface area contributed by atoms with Crippen LogP contribution in [-0.2, 0) is 11.2 Å². The molecule has 0 saturated heterocycles. The molecule has 0 amide bonds. The Labute approximate surface area is 129 Å². The maximum Gasteiger partial charge on any atom is 0.119 e. The first-order valence-corrected chi connectivity index (χ1v) is 8.42. The van der Waals surface area contributed by atoms with Crippen molar-refractivity contribution >= 4 is 0 Å². The summed E-state index contributed by atoms with van der Waals surface area (Å²) in [6.07, 6.45) is 5.84. The van der Waals surface area contributed by atoms with E-state index in [2.05, 4.69) is 30.4 Å². The number of ether oxygens (including phenoxy) is 2. The lowest BCUT2D eigenvalue weighted by molar-refractivity contribution is 0.131. The molecule has 118 valence electrons. The number of aryl methyl sites for hydroxylation is 1. The molecule has 0 aromatic heterocycles. The van der Waals surface area contributed by atoms with Gasteiger partial charge in [-0.05, 0) is 62.4 Å². The Hall–Kier alpha value is -1.06. The zero-order valence-corrected chi connectivity index (χ0v) is 13.5. The van der Waals surface area contributed by atoms with Crippen molar-refractivity contribution in [1.29, 1.82) is 0 Å². The Morgan fingerprint density at radius 2 is 2.14 bits per heavy atom. The van der Waals surface area contributed by atoms with Crippen molar-refractivity contribution in [1.82, 2.24) is 5.32 Å². The predicted octanol–water partition coefficient (Wildman–Crippen LogP) is 3.87. The molecule has 0 radical (unpaired) electrons. The molecule has 1 aliphatic carbocycles. The summed E-state index contributed by atoms with van der Waals surface area (Å²) < 4.78 is 11.2. The van der Waals surface area contributed by atoms with Gasteiger partial charge in [-0.2, -0.15) is 0 Å². The summed E-state index contributed by atoms with van der Waals surface area (Å²) in [6, 6.07) is 7.10. The van der Waals surface area contributed by atoms with Crippen LogP contribution in [-0.4, -0.2) is 26.4 Å². The minimum absolute atomic E-state index is 0.501. The Bertz CT molecular complexity index is 420. The smallest absolute Gasteiger partial charge is 0.119 e. The van der Waals surface area contributed by atoms with Gasteiger partial charge in [-0.3, -0.25) is 0 Å². The van der Waals surface area contributed by atoms with Crippen LogP contribution < -0.4 is 10.1 Å². The SMILES string of the molecule is CCCNC1CCCc2ccc(OCCCOCC)cc21. The van der Waals surface area contributed by atoms with Crippen molar-refractivity contribution in [2.75, 3.05) is 26.4 Å². The van der Waals surface area contributed by atoms with E-state index in [-0.39, 0.29) is 0 Å². The van der Waals surface area contributed by atoms with Crippen molar-refractivity contribution in [2.24, 2.45) is 0 Å². The van der Waals surface area contributed by atoms with Gasteiger partial charge >= 0.3 is 0 Å². The van der Waals surface area contributed by atoms with Crippen LogP contribution in [0.4, 0.5) is 0 Å². The van der Waals surface area contributed by atoms with E-state index in [1.54, 1.807) is 0 Å². The minimum Gasteiger partial charge on any atom is -0.493 e. The van der Waals surface area contributed by atoms with Gasteiger partial charge in [0, 0.05) is 25.7 Å². The quantitative estimate of drug-likeness (QED) is 0.701. The summed E-state index contributed by atoms with van der Waals surface area (Å²) in [5, 5.41) is 3.66. The maximum atomic E-state index is 5.86. The van der Waals surface area contributed by atoms with E-state index in [1.165, 1.54) is 36.8 Å². The fourth-order valence-corrected chi connectivity index (χ4v) is 2.89. The molecule has 2 rings (SSSR count). The highest BCUT2D eigenvalue weighted by Crippen LogP contribution is 2.32. The fourth-order valence-electron chi connectivity index (χ4n) is 2.89. The van der Waals surface area contributed by atoms with Gasteiger partial charge in [-0.15, -0.1) is 0 Å². The normalized spacial score (nSPS) is 17.5. The van der Waals surface area contributed by atoms with Crippen LogP contribution in [0.5, 0.6) is 5.75 Å². The number of fused-ring (bicyclic) bond motifs is 1. The molecule has 1 aromatic rings. The van der Waals surface area contributed by atoms with Crippen molar-refractivity contribution < 1.29 is 9.47 Å². The molecule has 3 heteroatoms. The van der Waals surface area contributed by atoms with E-state index in [0.29, 0.717) is 6.04 Å². The fraction of sp³-hybridized carbons (Fsp3) is 0.667. The Morgan fingerprint density at radius 3 is 2.95 bits per heavy atom. The van der Waals surface area contributed by atoms with Crippen LogP contribution in [0.1, 0.15) is 56.7 Å². The largest absolute Gasteiger partial charge is 0.493 e. The molecule has 3 nitrogen and oxygen atoms in total. The van der Waals surface area contributed by atoms with E-state index in [4.69, 9.17) is 9.47 Å². The summed E-state index contributed by atoms with van der Waals surface area (Å²) in [4.78, 5) is 0. The molecule has 0 aliphatic heterocycles. The first-order valence-electron chi connectivity index (χ1n) is 8.42. The van der Waals surface area contributed by atoms with Gasteiger partial charge in [0.15, 0.2) is 0 Å². The monoisotopic (exact) mass is 291 g/mol. The van der Waals surface area contributed by atoms with Gasteiger partial charge in [0.1, 0.15) is 5.75 Å². The Morgan fingerprint density at radius 1 is 1.24 bits per heavy atom. The third kappa shape index (κ3) is 5.01. The number of benzene rings is 1. The zero-order chi connectivity index (χ0) is 14.9. The summed E-state index contributed by atoms with van der Waals surface area (Å²) >= 11 is 0. The second-order valence-corrected chi connectivity index (χ2v) is 5.66. The van der Waals surface area contributed by atoms with Crippen molar-refractivity contribution in [3.05, 3.63) is 29.3 Å². The summed E-state index contributed by atoms with van der Waals surface area (Å²) in [5.74, 6) is 0.996. The second kappa shape index (κ2) is 9.06. The van der Waals surface area contributed by atoms with Gasteiger partial charge < -0.3 is 14.8 Å². The van der Waals surface area contributed by atoms with Crippen LogP contribution in [0, 0.1) is 0 Å². The van der Waals surface area contributed by atoms with Gasteiger partial charge in [0.05, 0.1) is 6.61 Å². The van der Waals surface area contributed by atoms with Crippen molar-refractivity contribution in [2.45, 2.75) is 52.0 Å². The highest BCUT2D eigenvalue weighted by Gasteiger charge is 2.19. The Balaban J connectivity index is 1.92. The third-order valence-electron chi connectivity index (χ3n) is 3.98. The topological polar surface area (TPSA) is 30.5 Å². The van der Waals surface area contributed by atoms with E-state index in [9.17, 15) is 0 Å². The average molecular weight is 291 g/mol. The van der Waals surface area contributed by atoms with Gasteiger partial charge in [0.25, 0.3) is 0 Å². The lowest BCUT2D eigenvalue weighted by Crippen LogP contribution is -2.25. The highest BCUT2D eigenvalue weighted by atomic mass is 16.5. The molecule has 1 unspecified atom stereocenters. The minimum atomic E-state index is 0.501. The van der Waals surface area contributed by atoms with Crippen LogP contribution in [0.15, 0.2) is 18.2 Å². The lowest BCUT2D eigenvalue weighted by Gasteiger charge is -2.27. The highest BCUT2D eigenvalue weighted by molar-refractivity contribution is 5.39. The van der Waals surface area contributed by atoms with E-state index < -0.39 is 0 Å². The number of rotatable bonds is 9. The zero-order valence-electron chi connectivity index (χ0n) is 13.5. The molecule has 1 aliphatic rings. The summed E-state index contributed by atoms with van der Waals surface area (Å²) in [5.41, 5.74) is 2.92. The molecule has 21 heavy (non-hydrogen) atoms. The molecule has 0 saturated carbocycles. The number of hydrogen-bond donors (Lipinski definition) is 1. The molecule has 1 aromatic carbocycles. The van der Waals surface area contributed by atoms with Crippen LogP contribution in [0.3, 0.4) is 0 Å². The van der Waals surface area contributed by atoms with E-state index in [0.717, 1.165) is 38.5 Å². The standard InChI is InChI=1S/C18H29NO2/c1-3-11-19-18-8-5-7-15-9-10-16(14-17(15)18)21-13-6-12-20-4-2/h9-10,14,18-19H,3-8,11-13H2,1-2H3.